The molecule has 0 saturated carbocycles. The average Bonchev–Trinajstić information content (AvgIpc) is 2.41. The quantitative estimate of drug-likeness (QED) is 0.880. The molecule has 0 spiro atoms. The number of alkyl halides is 2. The van der Waals surface area contributed by atoms with Gasteiger partial charge in [0.05, 0.1) is 5.56 Å². The standard InChI is InChI=1S/C13H10F2N2O3/c14-13(15)20-10-3-1-9(2-4-10)17-11-7-8(12(18)19)5-6-16-11/h1-7,13H,(H,16,17)(H,18,19). The smallest absolute Gasteiger partial charge is 0.387 e. The predicted octanol–water partition coefficient (Wildman–Crippen LogP) is 3.12. The van der Waals surface area contributed by atoms with E-state index in [1.54, 1.807) is 0 Å². The van der Waals surface area contributed by atoms with E-state index in [-0.39, 0.29) is 11.3 Å². The predicted molar refractivity (Wildman–Crippen MR) is 67.6 cm³/mol. The fourth-order valence-corrected chi connectivity index (χ4v) is 1.50. The summed E-state index contributed by atoms with van der Waals surface area (Å²) >= 11 is 0. The Labute approximate surface area is 112 Å². The van der Waals surface area contributed by atoms with Gasteiger partial charge in [-0.15, -0.1) is 0 Å². The van der Waals surface area contributed by atoms with E-state index in [0.29, 0.717) is 11.5 Å². The minimum absolute atomic E-state index is 0.0396. The SMILES string of the molecule is O=C(O)c1ccnc(Nc2ccc(OC(F)F)cc2)c1. The van der Waals surface area contributed by atoms with Gasteiger partial charge in [0.1, 0.15) is 11.6 Å². The molecule has 7 heteroatoms. The lowest BCUT2D eigenvalue weighted by molar-refractivity contribution is -0.0498. The van der Waals surface area contributed by atoms with Crippen molar-refractivity contribution < 1.29 is 23.4 Å². The van der Waals surface area contributed by atoms with Crippen LogP contribution in [0.2, 0.25) is 0 Å². The van der Waals surface area contributed by atoms with E-state index in [0.717, 1.165) is 0 Å². The van der Waals surface area contributed by atoms with Crippen molar-refractivity contribution in [3.63, 3.8) is 0 Å². The molecule has 1 aromatic carbocycles. The van der Waals surface area contributed by atoms with Gasteiger partial charge in [-0.3, -0.25) is 0 Å². The first kappa shape index (κ1) is 13.7. The van der Waals surface area contributed by atoms with E-state index >= 15 is 0 Å². The van der Waals surface area contributed by atoms with Crippen molar-refractivity contribution in [1.29, 1.82) is 0 Å². The molecular weight excluding hydrogens is 270 g/mol. The summed E-state index contributed by atoms with van der Waals surface area (Å²) in [5, 5.41) is 11.7. The third-order valence-corrected chi connectivity index (χ3v) is 2.36. The van der Waals surface area contributed by atoms with Crippen LogP contribution in [0.4, 0.5) is 20.3 Å². The first-order valence-electron chi connectivity index (χ1n) is 5.56. The number of anilines is 2. The van der Waals surface area contributed by atoms with Gasteiger partial charge >= 0.3 is 12.6 Å². The summed E-state index contributed by atoms with van der Waals surface area (Å²) in [5.41, 5.74) is 0.668. The fourth-order valence-electron chi connectivity index (χ4n) is 1.50. The van der Waals surface area contributed by atoms with Gasteiger partial charge in [-0.2, -0.15) is 8.78 Å². The molecule has 0 radical (unpaired) electrons. The summed E-state index contributed by atoms with van der Waals surface area (Å²) in [6.07, 6.45) is 1.36. The number of carboxylic acid groups (broad SMARTS) is 1. The van der Waals surface area contributed by atoms with Gasteiger partial charge in [0.25, 0.3) is 0 Å². The topological polar surface area (TPSA) is 71.5 Å². The van der Waals surface area contributed by atoms with Gasteiger partial charge in [0, 0.05) is 11.9 Å². The number of hydrogen-bond acceptors (Lipinski definition) is 4. The van der Waals surface area contributed by atoms with Gasteiger partial charge in [-0.25, -0.2) is 9.78 Å². The minimum Gasteiger partial charge on any atom is -0.478 e. The molecule has 0 aliphatic heterocycles. The summed E-state index contributed by atoms with van der Waals surface area (Å²) in [6.45, 7) is -2.87. The molecule has 2 rings (SSSR count). The molecule has 5 nitrogen and oxygen atoms in total. The number of nitrogens with zero attached hydrogens (tertiary/aromatic N) is 1. The van der Waals surface area contributed by atoms with Crippen LogP contribution >= 0.6 is 0 Å². The van der Waals surface area contributed by atoms with E-state index in [1.807, 2.05) is 0 Å². The highest BCUT2D eigenvalue weighted by atomic mass is 19.3. The molecular formula is C13H10F2N2O3. The van der Waals surface area contributed by atoms with E-state index in [4.69, 9.17) is 5.11 Å². The minimum atomic E-state index is -2.87. The molecule has 1 aromatic heterocycles. The average molecular weight is 280 g/mol. The number of halogens is 2. The van der Waals surface area contributed by atoms with Crippen molar-refractivity contribution in [3.8, 4) is 5.75 Å². The number of ether oxygens (including phenoxy) is 1. The van der Waals surface area contributed by atoms with Crippen LogP contribution in [-0.2, 0) is 0 Å². The van der Waals surface area contributed by atoms with Crippen molar-refractivity contribution in [1.82, 2.24) is 4.98 Å². The van der Waals surface area contributed by atoms with Crippen LogP contribution in [-0.4, -0.2) is 22.7 Å². The van der Waals surface area contributed by atoms with Crippen molar-refractivity contribution >= 4 is 17.5 Å². The Morgan fingerprint density at radius 2 is 1.95 bits per heavy atom. The zero-order chi connectivity index (χ0) is 14.5. The molecule has 2 N–H and O–H groups in total. The van der Waals surface area contributed by atoms with E-state index in [1.165, 1.54) is 42.6 Å². The molecule has 0 bridgehead atoms. The first-order valence-corrected chi connectivity index (χ1v) is 5.56. The number of carboxylic acids is 1. The zero-order valence-electron chi connectivity index (χ0n) is 10.1. The molecule has 0 saturated heterocycles. The van der Waals surface area contributed by atoms with Crippen LogP contribution < -0.4 is 10.1 Å². The third-order valence-electron chi connectivity index (χ3n) is 2.36. The lowest BCUT2D eigenvalue weighted by Gasteiger charge is -2.08. The van der Waals surface area contributed by atoms with Gasteiger partial charge in [0.2, 0.25) is 0 Å². The maximum atomic E-state index is 12.0. The summed E-state index contributed by atoms with van der Waals surface area (Å²) < 4.78 is 28.2. The number of pyridine rings is 1. The highest BCUT2D eigenvalue weighted by Crippen LogP contribution is 2.20. The Morgan fingerprint density at radius 3 is 2.55 bits per heavy atom. The van der Waals surface area contributed by atoms with E-state index in [2.05, 4.69) is 15.0 Å². The molecule has 0 unspecified atom stereocenters. The Balaban J connectivity index is 2.10. The van der Waals surface area contributed by atoms with Gasteiger partial charge in [-0.05, 0) is 36.4 Å². The largest absolute Gasteiger partial charge is 0.478 e. The number of nitrogens with one attached hydrogen (secondary N) is 1. The lowest BCUT2D eigenvalue weighted by atomic mass is 10.2. The Morgan fingerprint density at radius 1 is 1.25 bits per heavy atom. The molecule has 0 amide bonds. The molecule has 0 aliphatic rings. The lowest BCUT2D eigenvalue weighted by Crippen LogP contribution is -2.02. The van der Waals surface area contributed by atoms with Crippen molar-refractivity contribution in [2.45, 2.75) is 6.61 Å². The number of carbonyl (C=O) groups is 1. The summed E-state index contributed by atoms with van der Waals surface area (Å²) in [5.74, 6) is -0.679. The Hall–Kier alpha value is -2.70. The number of hydrogen-bond donors (Lipinski definition) is 2. The second-order valence-electron chi connectivity index (χ2n) is 3.76. The van der Waals surface area contributed by atoms with Crippen LogP contribution in [0, 0.1) is 0 Å². The van der Waals surface area contributed by atoms with Crippen LogP contribution in [0.1, 0.15) is 10.4 Å². The van der Waals surface area contributed by atoms with Crippen LogP contribution in [0.25, 0.3) is 0 Å². The van der Waals surface area contributed by atoms with E-state index < -0.39 is 12.6 Å². The summed E-state index contributed by atoms with van der Waals surface area (Å²) in [6, 6.07) is 8.52. The van der Waals surface area contributed by atoms with Crippen LogP contribution in [0.3, 0.4) is 0 Å². The maximum Gasteiger partial charge on any atom is 0.387 e. The van der Waals surface area contributed by atoms with Crippen LogP contribution in [0.15, 0.2) is 42.6 Å². The third kappa shape index (κ3) is 3.64. The van der Waals surface area contributed by atoms with Gasteiger partial charge in [-0.1, -0.05) is 0 Å². The number of aromatic carboxylic acids is 1. The molecule has 0 aliphatic carbocycles. The highest BCUT2D eigenvalue weighted by molar-refractivity contribution is 5.88. The van der Waals surface area contributed by atoms with Gasteiger partial charge in [0.15, 0.2) is 0 Å². The number of aromatic nitrogens is 1. The monoisotopic (exact) mass is 280 g/mol. The van der Waals surface area contributed by atoms with Crippen molar-refractivity contribution in [2.75, 3.05) is 5.32 Å². The van der Waals surface area contributed by atoms with Crippen molar-refractivity contribution in [2.24, 2.45) is 0 Å². The Bertz CT molecular complexity index is 603. The summed E-state index contributed by atoms with van der Waals surface area (Å²) in [4.78, 5) is 14.8. The summed E-state index contributed by atoms with van der Waals surface area (Å²) in [7, 11) is 0. The number of benzene rings is 1. The molecule has 0 fully saturated rings. The molecule has 20 heavy (non-hydrogen) atoms. The molecule has 0 atom stereocenters. The normalized spacial score (nSPS) is 10.3. The highest BCUT2D eigenvalue weighted by Gasteiger charge is 2.06. The second-order valence-corrected chi connectivity index (χ2v) is 3.76. The zero-order valence-corrected chi connectivity index (χ0v) is 10.1. The maximum absolute atomic E-state index is 12.0. The van der Waals surface area contributed by atoms with Crippen LogP contribution in [0.5, 0.6) is 5.75 Å². The Kier molecular flexibility index (Phi) is 4.09. The molecule has 104 valence electrons. The fraction of sp³-hybridized carbons (Fsp3) is 0.0769. The number of rotatable bonds is 5. The second kappa shape index (κ2) is 5.96. The van der Waals surface area contributed by atoms with Gasteiger partial charge < -0.3 is 15.2 Å². The van der Waals surface area contributed by atoms with E-state index in [9.17, 15) is 13.6 Å². The first-order chi connectivity index (χ1) is 9.54. The molecule has 1 heterocycles. The molecule has 2 aromatic rings. The van der Waals surface area contributed by atoms with Crippen molar-refractivity contribution in [3.05, 3.63) is 48.2 Å².